The zero-order chi connectivity index (χ0) is 14.1. The summed E-state index contributed by atoms with van der Waals surface area (Å²) in [4.78, 5) is 13.4. The predicted octanol–water partition coefficient (Wildman–Crippen LogP) is 2.17. The number of alkyl halides is 1. The van der Waals surface area contributed by atoms with Crippen LogP contribution < -0.4 is 4.74 Å². The van der Waals surface area contributed by atoms with Crippen molar-refractivity contribution < 1.29 is 14.3 Å². The zero-order valence-corrected chi connectivity index (χ0v) is 12.1. The fourth-order valence-electron chi connectivity index (χ4n) is 1.60. The van der Waals surface area contributed by atoms with Gasteiger partial charge in [-0.3, -0.25) is 4.79 Å². The van der Waals surface area contributed by atoms with Crippen molar-refractivity contribution in [1.29, 1.82) is 0 Å². The van der Waals surface area contributed by atoms with E-state index in [4.69, 9.17) is 21.1 Å². The zero-order valence-electron chi connectivity index (χ0n) is 11.3. The number of halogens is 1. The second-order valence-corrected chi connectivity index (χ2v) is 4.86. The van der Waals surface area contributed by atoms with Crippen molar-refractivity contribution in [1.82, 2.24) is 4.90 Å². The molecule has 0 bridgehead atoms. The maximum atomic E-state index is 11.8. The Bertz CT molecular complexity index is 372. The number of amides is 1. The van der Waals surface area contributed by atoms with Gasteiger partial charge in [-0.2, -0.15) is 0 Å². The second-order valence-electron chi connectivity index (χ2n) is 4.24. The van der Waals surface area contributed by atoms with Crippen molar-refractivity contribution >= 4 is 17.5 Å². The third-order valence-electron chi connectivity index (χ3n) is 2.57. The van der Waals surface area contributed by atoms with Crippen LogP contribution in [0.3, 0.4) is 0 Å². The average Bonchev–Trinajstić information content (AvgIpc) is 2.40. The first-order valence-electron chi connectivity index (χ1n) is 6.18. The molecule has 0 N–H and O–H groups in total. The van der Waals surface area contributed by atoms with Crippen molar-refractivity contribution in [3.63, 3.8) is 0 Å². The molecule has 0 aliphatic carbocycles. The first-order chi connectivity index (χ1) is 9.13. The van der Waals surface area contributed by atoms with Gasteiger partial charge in [-0.1, -0.05) is 18.2 Å². The van der Waals surface area contributed by atoms with Crippen LogP contribution in [0.4, 0.5) is 0 Å². The quantitative estimate of drug-likeness (QED) is 0.687. The SMILES string of the molecule is COCC(Cl)CN(C)C(=O)CCOc1ccccc1. The lowest BCUT2D eigenvalue weighted by molar-refractivity contribution is -0.130. The van der Waals surface area contributed by atoms with E-state index in [1.807, 2.05) is 30.3 Å². The molecule has 0 aromatic heterocycles. The molecule has 19 heavy (non-hydrogen) atoms. The first-order valence-corrected chi connectivity index (χ1v) is 6.62. The topological polar surface area (TPSA) is 38.8 Å². The van der Waals surface area contributed by atoms with Crippen molar-refractivity contribution in [2.24, 2.45) is 0 Å². The van der Waals surface area contributed by atoms with Gasteiger partial charge in [0.05, 0.1) is 25.0 Å². The molecule has 0 heterocycles. The molecule has 1 atom stereocenters. The first kappa shape index (κ1) is 15.8. The second kappa shape index (κ2) is 8.77. The number of rotatable bonds is 8. The molecular formula is C14H20ClNO3. The molecule has 1 rings (SSSR count). The average molecular weight is 286 g/mol. The summed E-state index contributed by atoms with van der Waals surface area (Å²) in [6, 6.07) is 9.43. The number of para-hydroxylation sites is 1. The highest BCUT2D eigenvalue weighted by molar-refractivity contribution is 6.21. The van der Waals surface area contributed by atoms with Gasteiger partial charge in [0.25, 0.3) is 0 Å². The van der Waals surface area contributed by atoms with Crippen LogP contribution in [-0.4, -0.2) is 50.1 Å². The summed E-state index contributed by atoms with van der Waals surface area (Å²) in [5, 5.41) is -0.186. The molecule has 0 radical (unpaired) electrons. The lowest BCUT2D eigenvalue weighted by Crippen LogP contribution is -2.34. The molecule has 0 saturated carbocycles. The monoisotopic (exact) mass is 285 g/mol. The number of hydrogen-bond donors (Lipinski definition) is 0. The number of carbonyl (C=O) groups excluding carboxylic acids is 1. The largest absolute Gasteiger partial charge is 0.493 e. The van der Waals surface area contributed by atoms with E-state index in [0.717, 1.165) is 5.75 Å². The summed E-state index contributed by atoms with van der Waals surface area (Å²) in [5.41, 5.74) is 0. The minimum atomic E-state index is -0.186. The Balaban J connectivity index is 2.23. The molecule has 0 aliphatic heterocycles. The van der Waals surface area contributed by atoms with Crippen LogP contribution in [0.2, 0.25) is 0 Å². The Labute approximate surface area is 119 Å². The third-order valence-corrected chi connectivity index (χ3v) is 2.84. The molecule has 106 valence electrons. The van der Waals surface area contributed by atoms with E-state index in [9.17, 15) is 4.79 Å². The van der Waals surface area contributed by atoms with Crippen molar-refractivity contribution in [3.05, 3.63) is 30.3 Å². The molecular weight excluding hydrogens is 266 g/mol. The predicted molar refractivity (Wildman–Crippen MR) is 75.7 cm³/mol. The Morgan fingerprint density at radius 2 is 2.05 bits per heavy atom. The van der Waals surface area contributed by atoms with Gasteiger partial charge in [-0.25, -0.2) is 0 Å². The van der Waals surface area contributed by atoms with E-state index < -0.39 is 0 Å². The van der Waals surface area contributed by atoms with Gasteiger partial charge < -0.3 is 14.4 Å². The summed E-state index contributed by atoms with van der Waals surface area (Å²) in [7, 11) is 3.32. The number of methoxy groups -OCH3 is 1. The van der Waals surface area contributed by atoms with Gasteiger partial charge in [0.15, 0.2) is 0 Å². The van der Waals surface area contributed by atoms with Crippen LogP contribution in [0.5, 0.6) is 5.75 Å². The summed E-state index contributed by atoms with van der Waals surface area (Å²) >= 11 is 6.00. The normalized spacial score (nSPS) is 11.9. The molecule has 0 saturated heterocycles. The number of nitrogens with zero attached hydrogens (tertiary/aromatic N) is 1. The molecule has 1 aromatic rings. The number of carbonyl (C=O) groups is 1. The molecule has 0 fully saturated rings. The van der Waals surface area contributed by atoms with Crippen molar-refractivity contribution in [2.75, 3.05) is 33.9 Å². The van der Waals surface area contributed by atoms with Crippen LogP contribution >= 0.6 is 11.6 Å². The molecule has 1 aromatic carbocycles. The molecule has 1 unspecified atom stereocenters. The Hall–Kier alpha value is -1.26. The summed E-state index contributed by atoms with van der Waals surface area (Å²) < 4.78 is 10.4. The Morgan fingerprint density at radius 1 is 1.37 bits per heavy atom. The van der Waals surface area contributed by atoms with E-state index in [1.165, 1.54) is 0 Å². The van der Waals surface area contributed by atoms with E-state index >= 15 is 0 Å². The van der Waals surface area contributed by atoms with Gasteiger partial charge in [0.1, 0.15) is 5.75 Å². The summed E-state index contributed by atoms with van der Waals surface area (Å²) in [5.74, 6) is 0.783. The molecule has 4 nitrogen and oxygen atoms in total. The van der Waals surface area contributed by atoms with Gasteiger partial charge in [0.2, 0.25) is 5.91 Å². The third kappa shape index (κ3) is 6.45. The van der Waals surface area contributed by atoms with Gasteiger partial charge in [0, 0.05) is 20.7 Å². The number of ether oxygens (including phenoxy) is 2. The fourth-order valence-corrected chi connectivity index (χ4v) is 1.93. The molecule has 0 aliphatic rings. The van der Waals surface area contributed by atoms with E-state index in [0.29, 0.717) is 26.2 Å². The summed E-state index contributed by atoms with van der Waals surface area (Å²) in [6.45, 7) is 1.27. The van der Waals surface area contributed by atoms with Crippen LogP contribution in [0.1, 0.15) is 6.42 Å². The van der Waals surface area contributed by atoms with Crippen molar-refractivity contribution in [3.8, 4) is 5.75 Å². The van der Waals surface area contributed by atoms with E-state index in [-0.39, 0.29) is 11.3 Å². The van der Waals surface area contributed by atoms with Crippen LogP contribution in [-0.2, 0) is 9.53 Å². The maximum absolute atomic E-state index is 11.8. The smallest absolute Gasteiger partial charge is 0.225 e. The Morgan fingerprint density at radius 3 is 2.68 bits per heavy atom. The highest BCUT2D eigenvalue weighted by Gasteiger charge is 2.13. The lowest BCUT2D eigenvalue weighted by atomic mass is 10.3. The van der Waals surface area contributed by atoms with Crippen LogP contribution in [0.15, 0.2) is 30.3 Å². The number of hydrogen-bond acceptors (Lipinski definition) is 3. The molecule has 0 spiro atoms. The van der Waals surface area contributed by atoms with Gasteiger partial charge in [-0.05, 0) is 12.1 Å². The molecule has 1 amide bonds. The standard InChI is InChI=1S/C14H20ClNO3/c1-16(10-12(15)11-18-2)14(17)8-9-19-13-6-4-3-5-7-13/h3-7,12H,8-11H2,1-2H3. The lowest BCUT2D eigenvalue weighted by Gasteiger charge is -2.20. The minimum Gasteiger partial charge on any atom is -0.493 e. The van der Waals surface area contributed by atoms with E-state index in [1.54, 1.807) is 19.1 Å². The highest BCUT2D eigenvalue weighted by atomic mass is 35.5. The Kier molecular flexibility index (Phi) is 7.30. The van der Waals surface area contributed by atoms with Crippen LogP contribution in [0.25, 0.3) is 0 Å². The number of benzene rings is 1. The van der Waals surface area contributed by atoms with Crippen molar-refractivity contribution in [2.45, 2.75) is 11.8 Å². The fraction of sp³-hybridized carbons (Fsp3) is 0.500. The van der Waals surface area contributed by atoms with Gasteiger partial charge in [-0.15, -0.1) is 11.6 Å². The van der Waals surface area contributed by atoms with E-state index in [2.05, 4.69) is 0 Å². The highest BCUT2D eigenvalue weighted by Crippen LogP contribution is 2.09. The van der Waals surface area contributed by atoms with Crippen LogP contribution in [0, 0.1) is 0 Å². The summed E-state index contributed by atoms with van der Waals surface area (Å²) in [6.07, 6.45) is 0.335. The minimum absolute atomic E-state index is 0.0117. The van der Waals surface area contributed by atoms with Gasteiger partial charge >= 0.3 is 0 Å². The maximum Gasteiger partial charge on any atom is 0.225 e. The molecule has 5 heteroatoms.